The minimum atomic E-state index is -0.796. The van der Waals surface area contributed by atoms with Crippen LogP contribution in [0, 0.1) is 17.8 Å². The SMILES string of the molecule is C/C=C1/C(C(N)=O)=C(O)C(N(C)C)C2CC3Cc4c(-c5ccc(CN(C)C)[nH]5)ccc(O)c4C(O)=C3C(=O)C12. The Morgan fingerprint density at radius 1 is 1.13 bits per heavy atom. The average molecular weight is 533 g/mol. The number of aromatic amines is 1. The topological polar surface area (TPSA) is 143 Å². The number of primary amides is 1. The minimum Gasteiger partial charge on any atom is -0.510 e. The number of aliphatic hydroxyl groups is 2. The van der Waals surface area contributed by atoms with E-state index in [1.54, 1.807) is 33.2 Å². The van der Waals surface area contributed by atoms with Crippen molar-refractivity contribution < 1.29 is 24.9 Å². The quantitative estimate of drug-likeness (QED) is 0.398. The lowest BCUT2D eigenvalue weighted by Gasteiger charge is -2.48. The van der Waals surface area contributed by atoms with Crippen LogP contribution in [0.3, 0.4) is 0 Å². The second-order valence-electron chi connectivity index (χ2n) is 11.3. The molecule has 0 radical (unpaired) electrons. The van der Waals surface area contributed by atoms with Crippen molar-refractivity contribution in [1.82, 2.24) is 14.8 Å². The monoisotopic (exact) mass is 532 g/mol. The number of ketones is 1. The van der Waals surface area contributed by atoms with Crippen LogP contribution in [0.1, 0.15) is 30.2 Å². The Labute approximate surface area is 227 Å². The summed E-state index contributed by atoms with van der Waals surface area (Å²) < 4.78 is 0. The molecule has 5 rings (SSSR count). The molecule has 1 aromatic carbocycles. The number of likely N-dealkylation sites (N-methyl/N-ethyl adjacent to an activating group) is 1. The van der Waals surface area contributed by atoms with Crippen LogP contribution in [0.25, 0.3) is 17.0 Å². The Bertz CT molecular complexity index is 1460. The zero-order valence-corrected chi connectivity index (χ0v) is 22.9. The molecule has 1 amide bonds. The smallest absolute Gasteiger partial charge is 0.252 e. The Balaban J connectivity index is 1.66. The molecule has 0 spiro atoms. The second kappa shape index (κ2) is 9.73. The Hall–Kier alpha value is -3.82. The number of nitrogens with one attached hydrogen (secondary N) is 1. The van der Waals surface area contributed by atoms with Gasteiger partial charge in [0.1, 0.15) is 17.3 Å². The molecular formula is C30H36N4O5. The number of nitrogens with zero attached hydrogens (tertiary/aromatic N) is 2. The predicted octanol–water partition coefficient (Wildman–Crippen LogP) is 3.28. The van der Waals surface area contributed by atoms with Gasteiger partial charge in [-0.15, -0.1) is 0 Å². The number of allylic oxidation sites excluding steroid dienone is 2. The molecule has 4 unspecified atom stereocenters. The van der Waals surface area contributed by atoms with Crippen LogP contribution >= 0.6 is 0 Å². The highest BCUT2D eigenvalue weighted by Gasteiger charge is 2.53. The number of amides is 1. The van der Waals surface area contributed by atoms with Crippen LogP contribution < -0.4 is 5.73 Å². The first-order valence-corrected chi connectivity index (χ1v) is 13.2. The summed E-state index contributed by atoms with van der Waals surface area (Å²) in [6, 6.07) is 6.79. The molecule has 1 aromatic heterocycles. The molecule has 3 aliphatic carbocycles. The first-order valence-electron chi connectivity index (χ1n) is 13.2. The number of phenolic OH excluding ortho intramolecular Hbond substituents is 1. The number of aromatic nitrogens is 1. The summed E-state index contributed by atoms with van der Waals surface area (Å²) in [4.78, 5) is 33.9. The van der Waals surface area contributed by atoms with Crippen molar-refractivity contribution in [3.63, 3.8) is 0 Å². The molecule has 1 heterocycles. The molecule has 2 aromatic rings. The van der Waals surface area contributed by atoms with Crippen LogP contribution in [0.2, 0.25) is 0 Å². The number of carbonyl (C=O) groups is 2. The normalized spacial score (nSPS) is 25.8. The van der Waals surface area contributed by atoms with Crippen LogP contribution in [-0.4, -0.2) is 76.0 Å². The molecule has 0 aliphatic heterocycles. The third-order valence-electron chi connectivity index (χ3n) is 8.38. The number of fused-ring (bicyclic) bond motifs is 3. The van der Waals surface area contributed by atoms with E-state index in [0.717, 1.165) is 29.1 Å². The van der Waals surface area contributed by atoms with Gasteiger partial charge in [0.15, 0.2) is 5.78 Å². The lowest BCUT2D eigenvalue weighted by atomic mass is 9.58. The highest BCUT2D eigenvalue weighted by atomic mass is 16.3. The van der Waals surface area contributed by atoms with Crippen molar-refractivity contribution in [2.45, 2.75) is 32.4 Å². The Kier molecular flexibility index (Phi) is 6.68. The number of benzene rings is 1. The number of carbonyl (C=O) groups excluding carboxylic acids is 2. The van der Waals surface area contributed by atoms with Crippen LogP contribution in [0.5, 0.6) is 5.75 Å². The van der Waals surface area contributed by atoms with Crippen molar-refractivity contribution in [3.05, 3.63) is 69.6 Å². The largest absolute Gasteiger partial charge is 0.510 e. The highest BCUT2D eigenvalue weighted by molar-refractivity contribution is 6.10. The van der Waals surface area contributed by atoms with Gasteiger partial charge in [-0.2, -0.15) is 0 Å². The van der Waals surface area contributed by atoms with Gasteiger partial charge in [-0.1, -0.05) is 6.08 Å². The highest BCUT2D eigenvalue weighted by Crippen LogP contribution is 2.53. The molecule has 6 N–H and O–H groups in total. The first-order chi connectivity index (χ1) is 18.5. The van der Waals surface area contributed by atoms with Crippen LogP contribution in [0.4, 0.5) is 0 Å². The van der Waals surface area contributed by atoms with E-state index < -0.39 is 17.9 Å². The fourth-order valence-electron chi connectivity index (χ4n) is 6.97. The fourth-order valence-corrected chi connectivity index (χ4v) is 6.97. The van der Waals surface area contributed by atoms with E-state index in [9.17, 15) is 24.9 Å². The molecule has 4 atom stereocenters. The molecule has 0 saturated heterocycles. The van der Waals surface area contributed by atoms with Gasteiger partial charge in [0.05, 0.1) is 23.1 Å². The zero-order valence-electron chi connectivity index (χ0n) is 22.9. The summed E-state index contributed by atoms with van der Waals surface area (Å²) in [5.41, 5.74) is 10.1. The lowest BCUT2D eigenvalue weighted by Crippen LogP contribution is -2.52. The Morgan fingerprint density at radius 3 is 2.46 bits per heavy atom. The molecule has 3 aliphatic rings. The maximum atomic E-state index is 14.2. The zero-order chi connectivity index (χ0) is 28.3. The maximum absolute atomic E-state index is 14.2. The molecule has 1 fully saturated rings. The van der Waals surface area contributed by atoms with Gasteiger partial charge in [0.2, 0.25) is 0 Å². The second-order valence-corrected chi connectivity index (χ2v) is 11.3. The van der Waals surface area contributed by atoms with Crippen molar-refractivity contribution in [2.24, 2.45) is 23.5 Å². The number of H-pyrrole nitrogens is 1. The third kappa shape index (κ3) is 4.17. The van der Waals surface area contributed by atoms with Crippen molar-refractivity contribution in [2.75, 3.05) is 28.2 Å². The summed E-state index contributed by atoms with van der Waals surface area (Å²) in [6.07, 6.45) is 2.59. The van der Waals surface area contributed by atoms with Crippen molar-refractivity contribution in [3.8, 4) is 17.0 Å². The molecule has 1 saturated carbocycles. The number of aliphatic hydroxyl groups excluding tert-OH is 2. The summed E-state index contributed by atoms with van der Waals surface area (Å²) in [5.74, 6) is -2.95. The van der Waals surface area contributed by atoms with Gasteiger partial charge in [0, 0.05) is 29.1 Å². The van der Waals surface area contributed by atoms with E-state index in [4.69, 9.17) is 5.73 Å². The van der Waals surface area contributed by atoms with Gasteiger partial charge in [-0.3, -0.25) is 14.5 Å². The number of phenols is 1. The number of Topliss-reactive ketones (excluding diaryl/α,β-unsaturated/α-hetero) is 1. The van der Waals surface area contributed by atoms with Gasteiger partial charge in [0.25, 0.3) is 5.91 Å². The summed E-state index contributed by atoms with van der Waals surface area (Å²) in [5, 5.41) is 33.6. The molecule has 0 bridgehead atoms. The number of nitrogens with two attached hydrogens (primary N) is 1. The fraction of sp³-hybridized carbons (Fsp3) is 0.400. The van der Waals surface area contributed by atoms with Crippen molar-refractivity contribution in [1.29, 1.82) is 0 Å². The van der Waals surface area contributed by atoms with E-state index in [1.807, 2.05) is 37.2 Å². The van der Waals surface area contributed by atoms with Gasteiger partial charge in [-0.25, -0.2) is 0 Å². The van der Waals surface area contributed by atoms with Gasteiger partial charge in [-0.05, 0) is 95.2 Å². The summed E-state index contributed by atoms with van der Waals surface area (Å²) in [7, 11) is 7.58. The summed E-state index contributed by atoms with van der Waals surface area (Å²) in [6.45, 7) is 2.45. The molecular weight excluding hydrogens is 496 g/mol. The van der Waals surface area contributed by atoms with E-state index in [2.05, 4.69) is 9.88 Å². The standard InChI is InChI=1S/C30H36N4O5/c1-6-16-23-19(26(34(4)5)29(38)25(16)30(31)39)12-14-11-18-17(20-9-7-15(32-20)13-33(2)3)8-10-21(35)24(18)28(37)22(14)27(23)36/h6-10,14,19,23,26,32,35,37-38H,11-13H2,1-5H3,(H2,31,39)/b16-6+. The van der Waals surface area contributed by atoms with Gasteiger partial charge >= 0.3 is 0 Å². The number of hydrogen-bond acceptors (Lipinski definition) is 7. The van der Waals surface area contributed by atoms with Crippen LogP contribution in [0.15, 0.2) is 52.8 Å². The van der Waals surface area contributed by atoms with Crippen LogP contribution in [-0.2, 0) is 22.6 Å². The Morgan fingerprint density at radius 2 is 1.85 bits per heavy atom. The first kappa shape index (κ1) is 26.8. The summed E-state index contributed by atoms with van der Waals surface area (Å²) >= 11 is 0. The minimum absolute atomic E-state index is 0.0362. The third-order valence-corrected chi connectivity index (χ3v) is 8.38. The van der Waals surface area contributed by atoms with Gasteiger partial charge < -0.3 is 30.9 Å². The predicted molar refractivity (Wildman–Crippen MR) is 149 cm³/mol. The molecule has 9 heteroatoms. The number of aromatic hydroxyl groups is 1. The number of rotatable bonds is 5. The van der Waals surface area contributed by atoms with E-state index in [0.29, 0.717) is 18.4 Å². The molecule has 9 nitrogen and oxygen atoms in total. The van der Waals surface area contributed by atoms with E-state index in [1.165, 1.54) is 0 Å². The molecule has 206 valence electrons. The van der Waals surface area contributed by atoms with E-state index in [-0.39, 0.29) is 51.6 Å². The van der Waals surface area contributed by atoms with Crippen molar-refractivity contribution >= 4 is 17.4 Å². The molecule has 39 heavy (non-hydrogen) atoms. The lowest BCUT2D eigenvalue weighted by molar-refractivity contribution is -0.123. The number of hydrogen-bond donors (Lipinski definition) is 5. The maximum Gasteiger partial charge on any atom is 0.252 e. The average Bonchev–Trinajstić information content (AvgIpc) is 3.29. The van der Waals surface area contributed by atoms with E-state index >= 15 is 0 Å².